The summed E-state index contributed by atoms with van der Waals surface area (Å²) in [4.78, 5) is 31.6. The number of benzene rings is 3. The minimum Gasteiger partial charge on any atom is -0.460 e. The largest absolute Gasteiger partial charge is 0.460 e. The second-order valence-corrected chi connectivity index (χ2v) is 8.64. The summed E-state index contributed by atoms with van der Waals surface area (Å²) in [6, 6.07) is 20.0. The molecule has 6 nitrogen and oxygen atoms in total. The molecule has 2 aliphatic heterocycles. The fraction of sp³-hybridized carbons (Fsp3) is 0.333. The fourth-order valence-corrected chi connectivity index (χ4v) is 4.96. The third-order valence-electron chi connectivity index (χ3n) is 6.60. The Hall–Kier alpha value is -3.38. The van der Waals surface area contributed by atoms with Crippen LogP contribution in [0.15, 0.2) is 60.7 Å². The van der Waals surface area contributed by atoms with Crippen molar-refractivity contribution in [3.05, 3.63) is 71.8 Å². The van der Waals surface area contributed by atoms with Gasteiger partial charge < -0.3 is 14.5 Å². The van der Waals surface area contributed by atoms with E-state index >= 15 is 0 Å². The van der Waals surface area contributed by atoms with Crippen LogP contribution in [-0.4, -0.2) is 56.0 Å². The molecule has 33 heavy (non-hydrogen) atoms. The summed E-state index contributed by atoms with van der Waals surface area (Å²) in [7, 11) is 0. The van der Waals surface area contributed by atoms with Crippen molar-refractivity contribution in [2.75, 3.05) is 49.1 Å². The van der Waals surface area contributed by atoms with Crippen LogP contribution in [0.1, 0.15) is 29.3 Å². The molecule has 0 saturated carbocycles. The Balaban J connectivity index is 1.27. The van der Waals surface area contributed by atoms with Crippen LogP contribution in [0.2, 0.25) is 0 Å². The van der Waals surface area contributed by atoms with Gasteiger partial charge in [0.1, 0.15) is 6.61 Å². The molecule has 2 heterocycles. The summed E-state index contributed by atoms with van der Waals surface area (Å²) >= 11 is 0. The van der Waals surface area contributed by atoms with Crippen LogP contribution in [-0.2, 0) is 16.1 Å². The predicted molar refractivity (Wildman–Crippen MR) is 131 cm³/mol. The lowest BCUT2D eigenvalue weighted by atomic mass is 10.0. The highest BCUT2D eigenvalue weighted by Gasteiger charge is 2.30. The molecule has 0 aliphatic carbocycles. The van der Waals surface area contributed by atoms with E-state index in [1.165, 1.54) is 0 Å². The van der Waals surface area contributed by atoms with Gasteiger partial charge in [-0.1, -0.05) is 42.5 Å². The fourth-order valence-electron chi connectivity index (χ4n) is 4.96. The van der Waals surface area contributed by atoms with E-state index < -0.39 is 0 Å². The minimum atomic E-state index is -0.184. The van der Waals surface area contributed by atoms with Crippen molar-refractivity contribution in [2.45, 2.75) is 20.0 Å². The standard InChI is InChI=1S/C27H29N3O3/c1-2-30-24-13-12-23(21-10-6-11-22(26(21)24)27(30)32)29-15-7-14-28(16-17-29)18-25(31)33-19-20-8-4-3-5-9-20/h3-6,8-13H,2,7,14-19H2,1H3. The maximum absolute atomic E-state index is 12.8. The Labute approximate surface area is 194 Å². The summed E-state index contributed by atoms with van der Waals surface area (Å²) in [5.74, 6) is -0.0953. The molecule has 0 unspecified atom stereocenters. The van der Waals surface area contributed by atoms with Crippen LogP contribution in [0, 0.1) is 0 Å². The molecule has 2 aliphatic rings. The Bertz CT molecular complexity index is 1180. The summed E-state index contributed by atoms with van der Waals surface area (Å²) in [6.07, 6.45) is 0.967. The van der Waals surface area contributed by atoms with Gasteiger partial charge in [0, 0.05) is 54.7 Å². The molecule has 0 radical (unpaired) electrons. The predicted octanol–water partition coefficient (Wildman–Crippen LogP) is 4.08. The minimum absolute atomic E-state index is 0.0892. The van der Waals surface area contributed by atoms with Crippen molar-refractivity contribution in [1.29, 1.82) is 0 Å². The molecule has 0 bridgehead atoms. The third-order valence-corrected chi connectivity index (χ3v) is 6.60. The van der Waals surface area contributed by atoms with E-state index in [4.69, 9.17) is 4.74 Å². The van der Waals surface area contributed by atoms with Gasteiger partial charge in [0.05, 0.1) is 12.2 Å². The zero-order valence-electron chi connectivity index (χ0n) is 19.0. The molecule has 0 aromatic heterocycles. The van der Waals surface area contributed by atoms with Gasteiger partial charge in [0.15, 0.2) is 0 Å². The first-order valence-corrected chi connectivity index (χ1v) is 11.7. The van der Waals surface area contributed by atoms with Gasteiger partial charge in [-0.25, -0.2) is 0 Å². The number of hydrogen-bond acceptors (Lipinski definition) is 5. The van der Waals surface area contributed by atoms with E-state index in [9.17, 15) is 9.59 Å². The lowest BCUT2D eigenvalue weighted by molar-refractivity contribution is -0.146. The first kappa shape index (κ1) is 21.5. The highest BCUT2D eigenvalue weighted by Crippen LogP contribution is 2.41. The van der Waals surface area contributed by atoms with Crippen LogP contribution in [0.4, 0.5) is 11.4 Å². The first-order chi connectivity index (χ1) is 16.2. The normalized spacial score (nSPS) is 16.3. The number of esters is 1. The van der Waals surface area contributed by atoms with Crippen molar-refractivity contribution in [3.63, 3.8) is 0 Å². The molecule has 3 aromatic rings. The molecule has 3 aromatic carbocycles. The Morgan fingerprint density at radius 2 is 1.73 bits per heavy atom. The van der Waals surface area contributed by atoms with Gasteiger partial charge in [0.25, 0.3) is 5.91 Å². The molecule has 0 spiro atoms. The maximum Gasteiger partial charge on any atom is 0.320 e. The third kappa shape index (κ3) is 4.18. The van der Waals surface area contributed by atoms with Crippen molar-refractivity contribution < 1.29 is 14.3 Å². The van der Waals surface area contributed by atoms with E-state index in [-0.39, 0.29) is 11.9 Å². The van der Waals surface area contributed by atoms with Gasteiger partial charge in [-0.05, 0) is 37.1 Å². The number of amides is 1. The zero-order chi connectivity index (χ0) is 22.8. The Morgan fingerprint density at radius 3 is 2.55 bits per heavy atom. The van der Waals surface area contributed by atoms with Gasteiger partial charge >= 0.3 is 5.97 Å². The highest BCUT2D eigenvalue weighted by molar-refractivity contribution is 6.26. The van der Waals surface area contributed by atoms with E-state index in [0.29, 0.717) is 19.7 Å². The smallest absolute Gasteiger partial charge is 0.320 e. The number of ether oxygens (including phenoxy) is 1. The molecular weight excluding hydrogens is 414 g/mol. The second kappa shape index (κ2) is 9.24. The summed E-state index contributed by atoms with van der Waals surface area (Å²) < 4.78 is 5.47. The number of nitrogens with zero attached hydrogens (tertiary/aromatic N) is 3. The number of carbonyl (C=O) groups is 2. The molecule has 0 atom stereocenters. The topological polar surface area (TPSA) is 53.1 Å². The highest BCUT2D eigenvalue weighted by atomic mass is 16.5. The molecule has 0 N–H and O–H groups in total. The van der Waals surface area contributed by atoms with Crippen LogP contribution >= 0.6 is 0 Å². The molecule has 1 fully saturated rings. The number of hydrogen-bond donors (Lipinski definition) is 0. The number of carbonyl (C=O) groups excluding carboxylic acids is 2. The Kier molecular flexibility index (Phi) is 6.01. The van der Waals surface area contributed by atoms with Gasteiger partial charge in [-0.3, -0.25) is 14.5 Å². The number of anilines is 2. The molecule has 1 saturated heterocycles. The lowest BCUT2D eigenvalue weighted by Gasteiger charge is -2.25. The molecule has 1 amide bonds. The van der Waals surface area contributed by atoms with Crippen molar-refractivity contribution in [3.8, 4) is 0 Å². The monoisotopic (exact) mass is 443 g/mol. The van der Waals surface area contributed by atoms with Crippen LogP contribution in [0.25, 0.3) is 10.8 Å². The van der Waals surface area contributed by atoms with Gasteiger partial charge in [0.2, 0.25) is 0 Å². The van der Waals surface area contributed by atoms with Gasteiger partial charge in [-0.15, -0.1) is 0 Å². The Morgan fingerprint density at radius 1 is 0.909 bits per heavy atom. The summed E-state index contributed by atoms with van der Waals surface area (Å²) in [6.45, 7) is 6.70. The average Bonchev–Trinajstić information content (AvgIpc) is 2.97. The van der Waals surface area contributed by atoms with Crippen LogP contribution < -0.4 is 9.80 Å². The lowest BCUT2D eigenvalue weighted by Crippen LogP contribution is -2.35. The molecule has 6 heteroatoms. The number of rotatable bonds is 6. The van der Waals surface area contributed by atoms with E-state index in [2.05, 4.69) is 28.0 Å². The van der Waals surface area contributed by atoms with Crippen molar-refractivity contribution in [1.82, 2.24) is 4.90 Å². The van der Waals surface area contributed by atoms with E-state index in [1.54, 1.807) is 0 Å². The quantitative estimate of drug-likeness (QED) is 0.538. The molecule has 5 rings (SSSR count). The van der Waals surface area contributed by atoms with E-state index in [0.717, 1.165) is 65.9 Å². The van der Waals surface area contributed by atoms with Crippen molar-refractivity contribution in [2.24, 2.45) is 0 Å². The summed E-state index contributed by atoms with van der Waals surface area (Å²) in [5.41, 5.74) is 3.97. The molecular formula is C27H29N3O3. The van der Waals surface area contributed by atoms with Gasteiger partial charge in [-0.2, -0.15) is 0 Å². The SMILES string of the molecule is CCN1C(=O)c2cccc3c(N4CCCN(CC(=O)OCc5ccccc5)CC4)ccc1c23. The second-order valence-electron chi connectivity index (χ2n) is 8.64. The first-order valence-electron chi connectivity index (χ1n) is 11.7. The van der Waals surface area contributed by atoms with Crippen LogP contribution in [0.5, 0.6) is 0 Å². The molecule has 170 valence electrons. The van der Waals surface area contributed by atoms with Crippen molar-refractivity contribution >= 4 is 34.0 Å². The van der Waals surface area contributed by atoms with E-state index in [1.807, 2.05) is 54.3 Å². The average molecular weight is 444 g/mol. The summed E-state index contributed by atoms with van der Waals surface area (Å²) in [5, 5.41) is 2.19. The zero-order valence-corrected chi connectivity index (χ0v) is 19.0. The van der Waals surface area contributed by atoms with Crippen LogP contribution in [0.3, 0.4) is 0 Å². The maximum atomic E-state index is 12.8.